The van der Waals surface area contributed by atoms with Crippen LogP contribution in [0, 0.1) is 0 Å². The molecule has 0 aromatic heterocycles. The number of amides is 3. The fraction of sp³-hybridized carbons (Fsp3) is 0.400. The van der Waals surface area contributed by atoms with E-state index in [1.54, 1.807) is 20.8 Å². The molecule has 8 nitrogen and oxygen atoms in total. The number of carbonyl (C=O) groups is 3. The van der Waals surface area contributed by atoms with Crippen LogP contribution in [0.25, 0.3) is 0 Å². The number of alkyl carbamates (subject to hydrolysis) is 2. The molecule has 3 N–H and O–H groups in total. The van der Waals surface area contributed by atoms with E-state index < -0.39 is 23.8 Å². The van der Waals surface area contributed by atoms with Gasteiger partial charge in [-0.1, -0.05) is 60.7 Å². The van der Waals surface area contributed by atoms with Crippen LogP contribution < -0.4 is 16.0 Å². The third-order valence-electron chi connectivity index (χ3n) is 4.42. The Labute approximate surface area is 195 Å². The summed E-state index contributed by atoms with van der Waals surface area (Å²) in [5.41, 5.74) is 1.15. The highest BCUT2D eigenvalue weighted by Crippen LogP contribution is 2.09. The topological polar surface area (TPSA) is 106 Å². The third-order valence-corrected chi connectivity index (χ3v) is 4.42. The van der Waals surface area contributed by atoms with Crippen LogP contribution in [0.5, 0.6) is 0 Å². The first kappa shape index (κ1) is 25.7. The molecule has 0 heterocycles. The van der Waals surface area contributed by atoms with Crippen LogP contribution in [0.1, 0.15) is 38.3 Å². The van der Waals surface area contributed by atoms with Gasteiger partial charge in [0.15, 0.2) is 0 Å². The van der Waals surface area contributed by atoms with Gasteiger partial charge in [-0.15, -0.1) is 0 Å². The maximum absolute atomic E-state index is 12.7. The van der Waals surface area contributed by atoms with Gasteiger partial charge < -0.3 is 25.4 Å². The van der Waals surface area contributed by atoms with E-state index in [-0.39, 0.29) is 12.5 Å². The minimum absolute atomic E-state index is 0.195. The molecule has 0 bridgehead atoms. The van der Waals surface area contributed by atoms with Crippen molar-refractivity contribution in [1.29, 1.82) is 0 Å². The molecule has 0 saturated carbocycles. The fourth-order valence-corrected chi connectivity index (χ4v) is 2.90. The molecule has 2 aromatic carbocycles. The number of benzene rings is 2. The molecule has 0 aliphatic rings. The molecule has 0 fully saturated rings. The van der Waals surface area contributed by atoms with E-state index >= 15 is 0 Å². The van der Waals surface area contributed by atoms with Gasteiger partial charge in [0, 0.05) is 19.5 Å². The van der Waals surface area contributed by atoms with Crippen molar-refractivity contribution in [2.75, 3.05) is 13.1 Å². The van der Waals surface area contributed by atoms with Gasteiger partial charge in [0.2, 0.25) is 5.91 Å². The van der Waals surface area contributed by atoms with Crippen molar-refractivity contribution in [1.82, 2.24) is 16.0 Å². The Balaban J connectivity index is 1.75. The first-order valence-corrected chi connectivity index (χ1v) is 11.0. The summed E-state index contributed by atoms with van der Waals surface area (Å²) in [5, 5.41) is 8.10. The van der Waals surface area contributed by atoms with Gasteiger partial charge >= 0.3 is 12.2 Å². The Bertz CT molecular complexity index is 882. The van der Waals surface area contributed by atoms with E-state index in [2.05, 4.69) is 16.0 Å². The first-order chi connectivity index (χ1) is 15.7. The van der Waals surface area contributed by atoms with Gasteiger partial charge in [-0.25, -0.2) is 9.59 Å². The van der Waals surface area contributed by atoms with Crippen molar-refractivity contribution in [3.63, 3.8) is 0 Å². The Kier molecular flexibility index (Phi) is 10.2. The number of ether oxygens (including phenoxy) is 2. The molecule has 1 atom stereocenters. The van der Waals surface area contributed by atoms with E-state index in [4.69, 9.17) is 9.47 Å². The zero-order valence-electron chi connectivity index (χ0n) is 19.4. The largest absolute Gasteiger partial charge is 0.445 e. The van der Waals surface area contributed by atoms with Crippen LogP contribution in [0.2, 0.25) is 0 Å². The number of nitrogens with one attached hydrogen (secondary N) is 3. The molecule has 2 aromatic rings. The highest BCUT2D eigenvalue weighted by Gasteiger charge is 2.24. The second-order valence-corrected chi connectivity index (χ2v) is 8.52. The van der Waals surface area contributed by atoms with Crippen molar-refractivity contribution in [2.24, 2.45) is 0 Å². The van der Waals surface area contributed by atoms with Gasteiger partial charge in [-0.3, -0.25) is 4.79 Å². The smallest absolute Gasteiger partial charge is 0.408 e. The monoisotopic (exact) mass is 455 g/mol. The van der Waals surface area contributed by atoms with Gasteiger partial charge in [0.05, 0.1) is 0 Å². The number of hydrogen-bond donors (Lipinski definition) is 3. The van der Waals surface area contributed by atoms with Crippen LogP contribution in [0.3, 0.4) is 0 Å². The minimum atomic E-state index is -0.786. The van der Waals surface area contributed by atoms with Crippen LogP contribution in [-0.4, -0.2) is 42.8 Å². The SMILES string of the molecule is CC(C)(C)OC(=O)N[C@@H](Cc1ccccc1)C(=O)NCCCNC(=O)OCc1ccccc1. The predicted octanol–water partition coefficient (Wildman–Crippen LogP) is 3.56. The van der Waals surface area contributed by atoms with Crippen LogP contribution >= 0.6 is 0 Å². The Morgan fingerprint density at radius 2 is 1.39 bits per heavy atom. The summed E-state index contributed by atoms with van der Waals surface area (Å²) in [4.78, 5) is 36.7. The van der Waals surface area contributed by atoms with E-state index in [1.165, 1.54) is 0 Å². The molecule has 3 amide bonds. The average molecular weight is 456 g/mol. The van der Waals surface area contributed by atoms with Gasteiger partial charge in [0.25, 0.3) is 0 Å². The third kappa shape index (κ3) is 11.0. The van der Waals surface area contributed by atoms with Gasteiger partial charge in [-0.05, 0) is 38.3 Å². The molecule has 2 rings (SSSR count). The molecule has 0 radical (unpaired) electrons. The lowest BCUT2D eigenvalue weighted by atomic mass is 10.1. The first-order valence-electron chi connectivity index (χ1n) is 11.0. The Morgan fingerprint density at radius 1 is 0.818 bits per heavy atom. The zero-order valence-corrected chi connectivity index (χ0v) is 19.4. The molecule has 178 valence electrons. The van der Waals surface area contributed by atoms with Crippen LogP contribution in [0.4, 0.5) is 9.59 Å². The minimum Gasteiger partial charge on any atom is -0.445 e. The standard InChI is InChI=1S/C25H33N3O5/c1-25(2,3)33-24(31)28-21(17-19-11-6-4-7-12-19)22(29)26-15-10-16-27-23(30)32-18-20-13-8-5-9-14-20/h4-9,11-14,21H,10,15-18H2,1-3H3,(H,26,29)(H,27,30)(H,28,31)/t21-/m0/s1. The quantitative estimate of drug-likeness (QED) is 0.475. The molecule has 0 saturated heterocycles. The van der Waals surface area contributed by atoms with Crippen molar-refractivity contribution in [3.8, 4) is 0 Å². The van der Waals surface area contributed by atoms with Gasteiger partial charge in [-0.2, -0.15) is 0 Å². The lowest BCUT2D eigenvalue weighted by molar-refractivity contribution is -0.123. The Morgan fingerprint density at radius 3 is 2.00 bits per heavy atom. The van der Waals surface area contributed by atoms with Gasteiger partial charge in [0.1, 0.15) is 18.2 Å². The van der Waals surface area contributed by atoms with Crippen molar-refractivity contribution >= 4 is 18.1 Å². The van der Waals surface area contributed by atoms with Crippen LogP contribution in [-0.2, 0) is 27.3 Å². The van der Waals surface area contributed by atoms with E-state index in [0.29, 0.717) is 25.9 Å². The van der Waals surface area contributed by atoms with Crippen LogP contribution in [0.15, 0.2) is 60.7 Å². The molecule has 0 spiro atoms. The highest BCUT2D eigenvalue weighted by atomic mass is 16.6. The van der Waals surface area contributed by atoms with Crippen molar-refractivity contribution < 1.29 is 23.9 Å². The zero-order chi connectivity index (χ0) is 24.1. The molecule has 8 heteroatoms. The second-order valence-electron chi connectivity index (χ2n) is 8.52. The molecule has 0 aliphatic heterocycles. The number of hydrogen-bond acceptors (Lipinski definition) is 5. The lowest BCUT2D eigenvalue weighted by Crippen LogP contribution is -2.49. The summed E-state index contributed by atoms with van der Waals surface area (Å²) >= 11 is 0. The fourth-order valence-electron chi connectivity index (χ4n) is 2.90. The van der Waals surface area contributed by atoms with E-state index in [0.717, 1.165) is 11.1 Å². The number of rotatable bonds is 10. The lowest BCUT2D eigenvalue weighted by Gasteiger charge is -2.23. The second kappa shape index (κ2) is 13.1. The summed E-state index contributed by atoms with van der Waals surface area (Å²) in [7, 11) is 0. The maximum atomic E-state index is 12.7. The molecular weight excluding hydrogens is 422 g/mol. The summed E-state index contributed by atoms with van der Waals surface area (Å²) in [6, 6.07) is 18.0. The molecule has 33 heavy (non-hydrogen) atoms. The molecule has 0 unspecified atom stereocenters. The maximum Gasteiger partial charge on any atom is 0.408 e. The Hall–Kier alpha value is -3.55. The summed E-state index contributed by atoms with van der Waals surface area (Å²) < 4.78 is 10.4. The van der Waals surface area contributed by atoms with Crippen molar-refractivity contribution in [2.45, 2.75) is 51.9 Å². The normalized spacial score (nSPS) is 11.7. The summed E-state index contributed by atoms with van der Waals surface area (Å²) in [6.45, 7) is 6.15. The number of carbonyl (C=O) groups excluding carboxylic acids is 3. The summed E-state index contributed by atoms with van der Waals surface area (Å²) in [6.07, 6.45) is -0.327. The van der Waals surface area contributed by atoms with E-state index in [1.807, 2.05) is 60.7 Å². The van der Waals surface area contributed by atoms with E-state index in [9.17, 15) is 14.4 Å². The predicted molar refractivity (Wildman–Crippen MR) is 126 cm³/mol. The van der Waals surface area contributed by atoms with Crippen molar-refractivity contribution in [3.05, 3.63) is 71.8 Å². The molecule has 0 aliphatic carbocycles. The summed E-state index contributed by atoms with van der Waals surface area (Å²) in [5.74, 6) is -0.323. The molecular formula is C25H33N3O5. The average Bonchev–Trinajstić information content (AvgIpc) is 2.77. The highest BCUT2D eigenvalue weighted by molar-refractivity contribution is 5.86.